The maximum absolute atomic E-state index is 14.1. The fourth-order valence-corrected chi connectivity index (χ4v) is 6.76. The molecule has 0 spiro atoms. The minimum Gasteiger partial charge on any atom is -0.450 e. The monoisotopic (exact) mass is 422 g/mol. The van der Waals surface area contributed by atoms with E-state index in [-0.39, 0.29) is 18.3 Å². The molecular formula is C23H34O7. The van der Waals surface area contributed by atoms with Gasteiger partial charge in [0.15, 0.2) is 11.9 Å². The molecule has 4 aliphatic rings. The first-order valence-corrected chi connectivity index (χ1v) is 10.8. The van der Waals surface area contributed by atoms with Crippen molar-refractivity contribution < 1.29 is 34.0 Å². The van der Waals surface area contributed by atoms with Crippen LogP contribution in [0.1, 0.15) is 60.3 Å². The van der Waals surface area contributed by atoms with Gasteiger partial charge in [-0.3, -0.25) is 9.59 Å². The lowest BCUT2D eigenvalue weighted by molar-refractivity contribution is -0.331. The topological polar surface area (TPSA) is 102 Å². The van der Waals surface area contributed by atoms with Gasteiger partial charge in [-0.25, -0.2) is 0 Å². The second-order valence-electron chi connectivity index (χ2n) is 10.5. The molecule has 0 aromatic carbocycles. The van der Waals surface area contributed by atoms with Crippen LogP contribution in [0.3, 0.4) is 0 Å². The van der Waals surface area contributed by atoms with Crippen LogP contribution in [-0.4, -0.2) is 65.2 Å². The lowest BCUT2D eigenvalue weighted by Crippen LogP contribution is -2.77. The number of carbonyl (C=O) groups excluding carboxylic acids is 2. The summed E-state index contributed by atoms with van der Waals surface area (Å²) in [5.74, 6) is -1.36. The van der Waals surface area contributed by atoms with Gasteiger partial charge in [0.2, 0.25) is 0 Å². The average molecular weight is 423 g/mol. The maximum Gasteiger partial charge on any atom is 0.303 e. The zero-order valence-corrected chi connectivity index (χ0v) is 18.8. The van der Waals surface area contributed by atoms with Crippen LogP contribution in [0.25, 0.3) is 0 Å². The summed E-state index contributed by atoms with van der Waals surface area (Å²) in [5, 5.41) is 23.2. The summed E-state index contributed by atoms with van der Waals surface area (Å²) in [6.07, 6.45) is -0.750. The van der Waals surface area contributed by atoms with Gasteiger partial charge < -0.3 is 24.4 Å². The van der Waals surface area contributed by atoms with Gasteiger partial charge in [0.25, 0.3) is 0 Å². The number of aliphatic hydroxyl groups is 2. The van der Waals surface area contributed by atoms with Crippen LogP contribution in [0.15, 0.2) is 11.1 Å². The molecule has 3 fully saturated rings. The van der Waals surface area contributed by atoms with E-state index in [0.29, 0.717) is 31.4 Å². The smallest absolute Gasteiger partial charge is 0.303 e. The molecule has 168 valence electrons. The lowest BCUT2D eigenvalue weighted by Gasteiger charge is -2.66. The van der Waals surface area contributed by atoms with E-state index in [2.05, 4.69) is 0 Å². The second kappa shape index (κ2) is 6.61. The summed E-state index contributed by atoms with van der Waals surface area (Å²) >= 11 is 0. The normalized spacial score (nSPS) is 47.4. The average Bonchev–Trinajstić information content (AvgIpc) is 2.64. The van der Waals surface area contributed by atoms with Crippen molar-refractivity contribution in [2.75, 3.05) is 13.7 Å². The fraction of sp³-hybridized carbons (Fsp3) is 0.826. The number of Topliss-reactive ketones (excluding diaryl/α,β-unsaturated/α-hetero) is 1. The van der Waals surface area contributed by atoms with Crippen LogP contribution in [0.5, 0.6) is 0 Å². The van der Waals surface area contributed by atoms with E-state index < -0.39 is 46.1 Å². The minimum absolute atomic E-state index is 0.263. The van der Waals surface area contributed by atoms with Crippen LogP contribution < -0.4 is 0 Å². The van der Waals surface area contributed by atoms with Crippen LogP contribution in [0.2, 0.25) is 0 Å². The van der Waals surface area contributed by atoms with Gasteiger partial charge in [0, 0.05) is 31.8 Å². The van der Waals surface area contributed by atoms with Gasteiger partial charge in [-0.1, -0.05) is 19.4 Å². The fourth-order valence-electron chi connectivity index (χ4n) is 6.76. The van der Waals surface area contributed by atoms with E-state index in [1.54, 1.807) is 14.0 Å². The first-order chi connectivity index (χ1) is 13.8. The maximum atomic E-state index is 14.1. The quantitative estimate of drug-likeness (QED) is 0.518. The third-order valence-corrected chi connectivity index (χ3v) is 8.95. The Morgan fingerprint density at radius 3 is 2.47 bits per heavy atom. The SMILES string of the molecule is COC12COC1CC(O)C1(C)C(=O)C(OC(C)=O)C3=C(C)CCC(O)(CC21)C3(C)C. The van der Waals surface area contributed by atoms with Crippen LogP contribution >= 0.6 is 0 Å². The van der Waals surface area contributed by atoms with E-state index in [9.17, 15) is 19.8 Å². The molecule has 7 nitrogen and oxygen atoms in total. The predicted molar refractivity (Wildman–Crippen MR) is 108 cm³/mol. The van der Waals surface area contributed by atoms with Gasteiger partial charge in [-0.15, -0.1) is 0 Å². The molecule has 1 aliphatic heterocycles. The summed E-state index contributed by atoms with van der Waals surface area (Å²) < 4.78 is 17.3. The number of rotatable bonds is 2. The third kappa shape index (κ3) is 2.52. The van der Waals surface area contributed by atoms with Crippen molar-refractivity contribution in [3.8, 4) is 0 Å². The molecule has 7 unspecified atom stereocenters. The number of methoxy groups -OCH3 is 1. The Morgan fingerprint density at radius 2 is 1.93 bits per heavy atom. The molecule has 2 N–H and O–H groups in total. The molecule has 2 saturated carbocycles. The van der Waals surface area contributed by atoms with Crippen molar-refractivity contribution in [3.05, 3.63) is 11.1 Å². The number of fused-ring (bicyclic) bond motifs is 5. The molecule has 3 aliphatic carbocycles. The van der Waals surface area contributed by atoms with E-state index in [0.717, 1.165) is 5.57 Å². The number of esters is 1. The van der Waals surface area contributed by atoms with Crippen molar-refractivity contribution >= 4 is 11.8 Å². The van der Waals surface area contributed by atoms with Crippen LogP contribution in [-0.2, 0) is 23.8 Å². The molecule has 0 amide bonds. The summed E-state index contributed by atoms with van der Waals surface area (Å²) in [7, 11) is 1.60. The standard InChI is InChI=1S/C23H34O7/c1-12-7-8-22(27)10-14-21(5,15(25)9-16-23(14,28-6)11-29-16)19(26)18(30-13(2)24)17(12)20(22,3)4/h14-16,18,25,27H,7-11H2,1-6H3. The number of ether oxygens (including phenoxy) is 3. The zero-order valence-electron chi connectivity index (χ0n) is 18.8. The van der Waals surface area contributed by atoms with Gasteiger partial charge >= 0.3 is 5.97 Å². The van der Waals surface area contributed by atoms with E-state index in [1.807, 2.05) is 20.8 Å². The molecule has 0 aromatic heterocycles. The van der Waals surface area contributed by atoms with Gasteiger partial charge in [-0.05, 0) is 38.7 Å². The number of hydrogen-bond acceptors (Lipinski definition) is 7. The van der Waals surface area contributed by atoms with Crippen molar-refractivity contribution in [1.29, 1.82) is 0 Å². The third-order valence-electron chi connectivity index (χ3n) is 8.95. The van der Waals surface area contributed by atoms with Gasteiger partial charge in [0.1, 0.15) is 5.60 Å². The Hall–Kier alpha value is -1.28. The Bertz CT molecular complexity index is 812. The first kappa shape index (κ1) is 21.9. The molecule has 0 aromatic rings. The molecule has 1 heterocycles. The van der Waals surface area contributed by atoms with Crippen molar-refractivity contribution in [2.24, 2.45) is 16.7 Å². The Balaban J connectivity index is 1.97. The predicted octanol–water partition coefficient (Wildman–Crippen LogP) is 1.93. The Morgan fingerprint density at radius 1 is 1.27 bits per heavy atom. The second-order valence-corrected chi connectivity index (χ2v) is 10.5. The van der Waals surface area contributed by atoms with E-state index >= 15 is 0 Å². The minimum atomic E-state index is -1.25. The van der Waals surface area contributed by atoms with Gasteiger partial charge in [-0.2, -0.15) is 0 Å². The molecule has 7 atom stereocenters. The zero-order chi connectivity index (χ0) is 22.3. The molecular weight excluding hydrogens is 388 g/mol. The summed E-state index contributed by atoms with van der Waals surface area (Å²) in [4.78, 5) is 26.2. The number of carbonyl (C=O) groups is 2. The molecule has 1 saturated heterocycles. The van der Waals surface area contributed by atoms with E-state index in [1.165, 1.54) is 6.92 Å². The number of ketones is 1. The molecule has 4 rings (SSSR count). The highest BCUT2D eigenvalue weighted by atomic mass is 16.6. The number of allylic oxidation sites excluding steroid dienone is 1. The largest absolute Gasteiger partial charge is 0.450 e. The summed E-state index contributed by atoms with van der Waals surface area (Å²) in [5.41, 5.74) is -2.31. The highest BCUT2D eigenvalue weighted by Crippen LogP contribution is 2.63. The molecule has 30 heavy (non-hydrogen) atoms. The van der Waals surface area contributed by atoms with Crippen LogP contribution in [0, 0.1) is 16.7 Å². The number of hydrogen-bond donors (Lipinski definition) is 2. The summed E-state index contributed by atoms with van der Waals surface area (Å²) in [6.45, 7) is 9.11. The Labute approximate surface area is 177 Å². The Kier molecular flexibility index (Phi) is 4.83. The molecule has 0 radical (unpaired) electrons. The van der Waals surface area contributed by atoms with Crippen molar-refractivity contribution in [2.45, 2.75) is 89.8 Å². The van der Waals surface area contributed by atoms with E-state index in [4.69, 9.17) is 14.2 Å². The van der Waals surface area contributed by atoms with Crippen molar-refractivity contribution in [1.82, 2.24) is 0 Å². The lowest BCUT2D eigenvalue weighted by atomic mass is 9.46. The highest BCUT2D eigenvalue weighted by molar-refractivity contribution is 5.94. The van der Waals surface area contributed by atoms with Gasteiger partial charge in [0.05, 0.1) is 29.8 Å². The van der Waals surface area contributed by atoms with Crippen molar-refractivity contribution in [3.63, 3.8) is 0 Å². The number of aliphatic hydroxyl groups excluding tert-OH is 1. The molecule has 7 heteroatoms. The summed E-state index contributed by atoms with van der Waals surface area (Å²) in [6, 6.07) is 0. The molecule has 2 bridgehead atoms. The first-order valence-electron chi connectivity index (χ1n) is 10.8. The highest BCUT2D eigenvalue weighted by Gasteiger charge is 2.72. The van der Waals surface area contributed by atoms with Crippen LogP contribution in [0.4, 0.5) is 0 Å².